The molecule has 0 spiro atoms. The minimum Gasteiger partial charge on any atom is -0.344 e. The predicted octanol–water partition coefficient (Wildman–Crippen LogP) is 2.08. The second-order valence-corrected chi connectivity index (χ2v) is 8.46. The van der Waals surface area contributed by atoms with Crippen LogP contribution in [0.1, 0.15) is 24.8 Å². The molecular formula is C20H30ClN3O2S. The fourth-order valence-electron chi connectivity index (χ4n) is 4.23. The summed E-state index contributed by atoms with van der Waals surface area (Å²) < 4.78 is 0. The molecular weight excluding hydrogens is 382 g/mol. The summed E-state index contributed by atoms with van der Waals surface area (Å²) in [6.45, 7) is 1.54. The lowest BCUT2D eigenvalue weighted by atomic mass is 9.98. The molecule has 0 radical (unpaired) electrons. The van der Waals surface area contributed by atoms with Gasteiger partial charge < -0.3 is 16.0 Å². The third-order valence-electron chi connectivity index (χ3n) is 5.68. The molecule has 3 N–H and O–H groups in total. The molecule has 27 heavy (non-hydrogen) atoms. The van der Waals surface area contributed by atoms with Crippen LogP contribution in [0.15, 0.2) is 30.3 Å². The van der Waals surface area contributed by atoms with Crippen LogP contribution in [0.25, 0.3) is 0 Å². The van der Waals surface area contributed by atoms with E-state index in [0.717, 1.165) is 37.2 Å². The quantitative estimate of drug-likeness (QED) is 0.720. The molecule has 1 aromatic rings. The second-order valence-electron chi connectivity index (χ2n) is 7.47. The van der Waals surface area contributed by atoms with Crippen molar-refractivity contribution in [3.05, 3.63) is 35.9 Å². The Morgan fingerprint density at radius 3 is 2.67 bits per heavy atom. The molecule has 2 fully saturated rings. The van der Waals surface area contributed by atoms with E-state index < -0.39 is 6.04 Å². The van der Waals surface area contributed by atoms with Crippen LogP contribution in [0.4, 0.5) is 0 Å². The topological polar surface area (TPSA) is 75.4 Å². The van der Waals surface area contributed by atoms with Crippen molar-refractivity contribution in [2.75, 3.05) is 25.1 Å². The Balaban J connectivity index is 0.00000261. The minimum atomic E-state index is -0.436. The molecule has 1 saturated heterocycles. The van der Waals surface area contributed by atoms with Gasteiger partial charge in [-0.1, -0.05) is 30.3 Å². The van der Waals surface area contributed by atoms with Crippen molar-refractivity contribution in [1.82, 2.24) is 10.2 Å². The molecule has 4 unspecified atom stereocenters. The Bertz CT molecular complexity index is 631. The molecule has 1 aromatic carbocycles. The van der Waals surface area contributed by atoms with Gasteiger partial charge in [0, 0.05) is 19.1 Å². The van der Waals surface area contributed by atoms with Gasteiger partial charge in [-0.3, -0.25) is 9.59 Å². The zero-order valence-corrected chi connectivity index (χ0v) is 17.4. The Labute approximate surface area is 172 Å². The first-order valence-electron chi connectivity index (χ1n) is 9.45. The standard InChI is InChI=1S/C20H29N3O2S.ClH/c1-26-10-9-18(22-19(24)11-14-5-3-2-4-6-14)20(25)23-12-15-7-8-17(21)16(15)13-23;/h2-6,15-18H,7-13,21H2,1H3,(H,22,24);1H. The first-order valence-corrected chi connectivity index (χ1v) is 10.8. The van der Waals surface area contributed by atoms with E-state index in [-0.39, 0.29) is 30.3 Å². The number of rotatable bonds is 7. The summed E-state index contributed by atoms with van der Waals surface area (Å²) in [5.41, 5.74) is 7.16. The number of hydrogen-bond acceptors (Lipinski definition) is 4. The van der Waals surface area contributed by atoms with Crippen LogP contribution >= 0.6 is 24.2 Å². The van der Waals surface area contributed by atoms with Gasteiger partial charge in [0.2, 0.25) is 11.8 Å². The number of benzene rings is 1. The predicted molar refractivity (Wildman–Crippen MR) is 113 cm³/mol. The van der Waals surface area contributed by atoms with Crippen molar-refractivity contribution in [3.63, 3.8) is 0 Å². The summed E-state index contributed by atoms with van der Waals surface area (Å²) in [4.78, 5) is 27.4. The highest BCUT2D eigenvalue weighted by Crippen LogP contribution is 2.37. The molecule has 0 bridgehead atoms. The van der Waals surface area contributed by atoms with Crippen LogP contribution < -0.4 is 11.1 Å². The van der Waals surface area contributed by atoms with Gasteiger partial charge in [-0.05, 0) is 48.7 Å². The molecule has 150 valence electrons. The summed E-state index contributed by atoms with van der Waals surface area (Å²) in [5.74, 6) is 1.78. The lowest BCUT2D eigenvalue weighted by Crippen LogP contribution is -2.49. The third-order valence-corrected chi connectivity index (χ3v) is 6.32. The maximum atomic E-state index is 13.0. The van der Waals surface area contributed by atoms with Crippen LogP contribution in [0.5, 0.6) is 0 Å². The lowest BCUT2D eigenvalue weighted by Gasteiger charge is -2.25. The van der Waals surface area contributed by atoms with Gasteiger partial charge in [-0.15, -0.1) is 12.4 Å². The van der Waals surface area contributed by atoms with Gasteiger partial charge in [0.1, 0.15) is 6.04 Å². The summed E-state index contributed by atoms with van der Waals surface area (Å²) in [7, 11) is 0. The van der Waals surface area contributed by atoms with Crippen LogP contribution in [0.3, 0.4) is 0 Å². The number of hydrogen-bond donors (Lipinski definition) is 2. The summed E-state index contributed by atoms with van der Waals surface area (Å²) in [6, 6.07) is 9.42. The molecule has 1 aliphatic heterocycles. The van der Waals surface area contributed by atoms with Gasteiger partial charge in [-0.25, -0.2) is 0 Å². The van der Waals surface area contributed by atoms with E-state index >= 15 is 0 Å². The van der Waals surface area contributed by atoms with Gasteiger partial charge in [0.05, 0.1) is 6.42 Å². The maximum Gasteiger partial charge on any atom is 0.245 e. The SMILES string of the molecule is CSCCC(NC(=O)Cc1ccccc1)C(=O)N1CC2CCC(N)C2C1.Cl. The monoisotopic (exact) mass is 411 g/mol. The highest BCUT2D eigenvalue weighted by molar-refractivity contribution is 7.98. The van der Waals surface area contributed by atoms with Gasteiger partial charge >= 0.3 is 0 Å². The number of fused-ring (bicyclic) bond motifs is 1. The molecule has 5 nitrogen and oxygen atoms in total. The number of nitrogens with one attached hydrogen (secondary N) is 1. The molecule has 1 saturated carbocycles. The number of thioether (sulfide) groups is 1. The first kappa shape index (κ1) is 22.1. The lowest BCUT2D eigenvalue weighted by molar-refractivity contribution is -0.135. The van der Waals surface area contributed by atoms with Gasteiger partial charge in [-0.2, -0.15) is 11.8 Å². The number of likely N-dealkylation sites (tertiary alicyclic amines) is 1. The molecule has 4 atom stereocenters. The van der Waals surface area contributed by atoms with E-state index in [1.807, 2.05) is 41.5 Å². The number of halogens is 1. The fourth-order valence-corrected chi connectivity index (χ4v) is 4.70. The molecule has 1 heterocycles. The van der Waals surface area contributed by atoms with Crippen molar-refractivity contribution < 1.29 is 9.59 Å². The second kappa shape index (κ2) is 10.3. The number of nitrogens with two attached hydrogens (primary N) is 1. The van der Waals surface area contributed by atoms with Crippen molar-refractivity contribution in [2.45, 2.75) is 37.8 Å². The van der Waals surface area contributed by atoms with E-state index in [2.05, 4.69) is 5.32 Å². The zero-order valence-electron chi connectivity index (χ0n) is 15.8. The Hall–Kier alpha value is -1.24. The summed E-state index contributed by atoms with van der Waals surface area (Å²) in [6.07, 6.45) is 5.18. The molecule has 3 rings (SSSR count). The summed E-state index contributed by atoms with van der Waals surface area (Å²) >= 11 is 1.70. The van der Waals surface area contributed by atoms with Crippen molar-refractivity contribution in [3.8, 4) is 0 Å². The Kier molecular flexibility index (Phi) is 8.45. The van der Waals surface area contributed by atoms with Crippen LogP contribution in [0.2, 0.25) is 0 Å². The first-order chi connectivity index (χ1) is 12.6. The normalized spacial score (nSPS) is 24.8. The van der Waals surface area contributed by atoms with E-state index in [9.17, 15) is 9.59 Å². The van der Waals surface area contributed by atoms with E-state index in [1.54, 1.807) is 11.8 Å². The minimum absolute atomic E-state index is 0. The highest BCUT2D eigenvalue weighted by atomic mass is 35.5. The van der Waals surface area contributed by atoms with E-state index in [4.69, 9.17) is 5.73 Å². The molecule has 7 heteroatoms. The number of nitrogens with zero attached hydrogens (tertiary/aromatic N) is 1. The van der Waals surface area contributed by atoms with Gasteiger partial charge in [0.25, 0.3) is 0 Å². The Morgan fingerprint density at radius 1 is 1.26 bits per heavy atom. The van der Waals surface area contributed by atoms with Gasteiger partial charge in [0.15, 0.2) is 0 Å². The Morgan fingerprint density at radius 2 is 2.00 bits per heavy atom. The van der Waals surface area contributed by atoms with Crippen LogP contribution in [0, 0.1) is 11.8 Å². The average molecular weight is 412 g/mol. The molecule has 2 aliphatic rings. The van der Waals surface area contributed by atoms with Crippen molar-refractivity contribution in [2.24, 2.45) is 17.6 Å². The van der Waals surface area contributed by atoms with Crippen molar-refractivity contribution in [1.29, 1.82) is 0 Å². The van der Waals surface area contributed by atoms with E-state index in [0.29, 0.717) is 24.7 Å². The largest absolute Gasteiger partial charge is 0.344 e. The van der Waals surface area contributed by atoms with Crippen LogP contribution in [-0.2, 0) is 16.0 Å². The number of carbonyl (C=O) groups excluding carboxylic acids is 2. The van der Waals surface area contributed by atoms with Crippen LogP contribution in [-0.4, -0.2) is 53.9 Å². The zero-order chi connectivity index (χ0) is 18.5. The number of amides is 2. The highest BCUT2D eigenvalue weighted by Gasteiger charge is 2.43. The fraction of sp³-hybridized carbons (Fsp3) is 0.600. The maximum absolute atomic E-state index is 13.0. The molecule has 2 amide bonds. The molecule has 1 aliphatic carbocycles. The number of carbonyl (C=O) groups is 2. The average Bonchev–Trinajstić information content (AvgIpc) is 3.21. The smallest absolute Gasteiger partial charge is 0.245 e. The van der Waals surface area contributed by atoms with E-state index in [1.165, 1.54) is 0 Å². The molecule has 0 aromatic heterocycles. The summed E-state index contributed by atoms with van der Waals surface area (Å²) in [5, 5.41) is 2.98. The third kappa shape index (κ3) is 5.62. The van der Waals surface area contributed by atoms with Crippen molar-refractivity contribution >= 4 is 36.0 Å².